The fourth-order valence-corrected chi connectivity index (χ4v) is 5.24. The van der Waals surface area contributed by atoms with E-state index in [0.29, 0.717) is 11.5 Å². The van der Waals surface area contributed by atoms with Gasteiger partial charge in [0.05, 0.1) is 11.5 Å². The maximum atomic E-state index is 11.4. The van der Waals surface area contributed by atoms with Crippen molar-refractivity contribution in [2.75, 3.05) is 24.6 Å². The zero-order valence-electron chi connectivity index (χ0n) is 11.6. The number of nitrogens with zero attached hydrogens (tertiary/aromatic N) is 1. The molecule has 0 amide bonds. The molecule has 1 atom stereocenters. The number of nitrogens with one attached hydrogen (secondary N) is 1. The lowest BCUT2D eigenvalue weighted by Gasteiger charge is -2.22. The maximum Gasteiger partial charge on any atom is 0.151 e. The molecule has 0 aromatic carbocycles. The molecule has 2 fully saturated rings. The van der Waals surface area contributed by atoms with E-state index in [1.165, 1.54) is 17.7 Å². The minimum absolute atomic E-state index is 0.169. The predicted molar refractivity (Wildman–Crippen MR) is 82.8 cm³/mol. The van der Waals surface area contributed by atoms with Gasteiger partial charge in [-0.3, -0.25) is 4.90 Å². The Morgan fingerprint density at radius 2 is 2.20 bits per heavy atom. The van der Waals surface area contributed by atoms with Gasteiger partial charge in [-0.2, -0.15) is 0 Å². The summed E-state index contributed by atoms with van der Waals surface area (Å²) in [5.74, 6) is 0.674. The van der Waals surface area contributed by atoms with E-state index in [1.54, 1.807) is 0 Å². The fourth-order valence-electron chi connectivity index (χ4n) is 2.80. The van der Waals surface area contributed by atoms with Gasteiger partial charge in [0.1, 0.15) is 0 Å². The molecule has 3 rings (SSSR count). The van der Waals surface area contributed by atoms with Gasteiger partial charge in [-0.05, 0) is 30.7 Å². The Hall–Kier alpha value is -0.430. The lowest BCUT2D eigenvalue weighted by Crippen LogP contribution is -2.38. The number of hydrogen-bond donors (Lipinski definition) is 1. The zero-order valence-corrected chi connectivity index (χ0v) is 13.3. The van der Waals surface area contributed by atoms with Gasteiger partial charge < -0.3 is 5.32 Å². The van der Waals surface area contributed by atoms with E-state index >= 15 is 0 Å². The largest absolute Gasteiger partial charge is 0.312 e. The topological polar surface area (TPSA) is 49.4 Å². The lowest BCUT2D eigenvalue weighted by molar-refractivity contribution is 0.253. The quantitative estimate of drug-likeness (QED) is 0.828. The van der Waals surface area contributed by atoms with Gasteiger partial charge in [-0.15, -0.1) is 11.3 Å². The molecule has 1 N–H and O–H groups in total. The molecule has 1 saturated heterocycles. The summed E-state index contributed by atoms with van der Waals surface area (Å²) in [5.41, 5.74) is 0. The summed E-state index contributed by atoms with van der Waals surface area (Å²) in [6.07, 6.45) is 3.39. The number of sulfone groups is 1. The molecule has 1 saturated carbocycles. The summed E-state index contributed by atoms with van der Waals surface area (Å²) < 4.78 is 22.8. The van der Waals surface area contributed by atoms with E-state index in [0.717, 1.165) is 32.1 Å². The third kappa shape index (κ3) is 4.04. The molecule has 6 heteroatoms. The molecular formula is C14H22N2O2S2. The van der Waals surface area contributed by atoms with Gasteiger partial charge >= 0.3 is 0 Å². The number of rotatable bonds is 7. The van der Waals surface area contributed by atoms with Gasteiger partial charge in [0.2, 0.25) is 0 Å². The highest BCUT2D eigenvalue weighted by molar-refractivity contribution is 7.91. The van der Waals surface area contributed by atoms with Crippen molar-refractivity contribution in [1.29, 1.82) is 0 Å². The van der Waals surface area contributed by atoms with Crippen molar-refractivity contribution in [2.24, 2.45) is 0 Å². The summed E-state index contributed by atoms with van der Waals surface area (Å²) >= 11 is 1.81. The molecule has 2 aliphatic rings. The average molecular weight is 314 g/mol. The third-order valence-electron chi connectivity index (χ3n) is 4.07. The first-order valence-electron chi connectivity index (χ1n) is 7.33. The maximum absolute atomic E-state index is 11.4. The highest BCUT2D eigenvalue weighted by Crippen LogP contribution is 2.28. The second-order valence-electron chi connectivity index (χ2n) is 5.84. The predicted octanol–water partition coefficient (Wildman–Crippen LogP) is 1.49. The molecule has 0 radical (unpaired) electrons. The number of thiophene rings is 1. The van der Waals surface area contributed by atoms with Gasteiger partial charge in [-0.25, -0.2) is 8.42 Å². The van der Waals surface area contributed by atoms with Crippen LogP contribution in [0.3, 0.4) is 0 Å². The lowest BCUT2D eigenvalue weighted by atomic mass is 10.2. The first-order chi connectivity index (χ1) is 9.62. The van der Waals surface area contributed by atoms with Crippen LogP contribution in [0.2, 0.25) is 0 Å². The fraction of sp³-hybridized carbons (Fsp3) is 0.714. The molecule has 0 bridgehead atoms. The second kappa shape index (κ2) is 6.13. The molecular weight excluding hydrogens is 292 g/mol. The normalized spacial score (nSPS) is 25.4. The van der Waals surface area contributed by atoms with Crippen molar-refractivity contribution in [2.45, 2.75) is 37.9 Å². The SMILES string of the molecule is O=S1(=O)CCC(NCCN(Cc2cccs2)C2CC2)C1. The highest BCUT2D eigenvalue weighted by atomic mass is 32.2. The standard InChI is InChI=1S/C14H22N2O2S2/c17-20(18)9-5-12(11-20)15-6-7-16(13-3-4-13)10-14-2-1-8-19-14/h1-2,8,12-13,15H,3-7,9-11H2. The Morgan fingerprint density at radius 3 is 2.80 bits per heavy atom. The Bertz CT molecular complexity index is 523. The molecule has 112 valence electrons. The summed E-state index contributed by atoms with van der Waals surface area (Å²) in [6.45, 7) is 2.94. The van der Waals surface area contributed by atoms with Crippen LogP contribution < -0.4 is 5.32 Å². The van der Waals surface area contributed by atoms with Crippen molar-refractivity contribution in [3.05, 3.63) is 22.4 Å². The van der Waals surface area contributed by atoms with Crippen LogP contribution in [-0.2, 0) is 16.4 Å². The van der Waals surface area contributed by atoms with E-state index in [1.807, 2.05) is 11.3 Å². The molecule has 1 aliphatic heterocycles. The summed E-state index contributed by atoms with van der Waals surface area (Å²) in [4.78, 5) is 3.95. The van der Waals surface area contributed by atoms with Gasteiger partial charge in [0, 0.05) is 36.6 Å². The van der Waals surface area contributed by atoms with Crippen molar-refractivity contribution in [1.82, 2.24) is 10.2 Å². The monoisotopic (exact) mass is 314 g/mol. The zero-order chi connectivity index (χ0) is 14.0. The average Bonchev–Trinajstić information content (AvgIpc) is 3.01. The number of hydrogen-bond acceptors (Lipinski definition) is 5. The van der Waals surface area contributed by atoms with Crippen LogP contribution in [0.25, 0.3) is 0 Å². The summed E-state index contributed by atoms with van der Waals surface area (Å²) in [7, 11) is -2.77. The molecule has 0 spiro atoms. The van der Waals surface area contributed by atoms with Gasteiger partial charge in [-0.1, -0.05) is 6.07 Å². The van der Waals surface area contributed by atoms with Crippen LogP contribution in [0, 0.1) is 0 Å². The third-order valence-corrected chi connectivity index (χ3v) is 6.70. The Kier molecular flexibility index (Phi) is 4.45. The van der Waals surface area contributed by atoms with Crippen LogP contribution >= 0.6 is 11.3 Å². The summed E-state index contributed by atoms with van der Waals surface area (Å²) in [5, 5.41) is 5.54. The van der Waals surface area contributed by atoms with Crippen molar-refractivity contribution in [3.63, 3.8) is 0 Å². The molecule has 1 aromatic rings. The molecule has 2 heterocycles. The van der Waals surface area contributed by atoms with Crippen LogP contribution in [0.1, 0.15) is 24.1 Å². The van der Waals surface area contributed by atoms with Crippen molar-refractivity contribution in [3.8, 4) is 0 Å². The second-order valence-corrected chi connectivity index (χ2v) is 9.10. The van der Waals surface area contributed by atoms with Crippen LogP contribution in [0.5, 0.6) is 0 Å². The first kappa shape index (κ1) is 14.5. The Labute approximate surface area is 125 Å². The molecule has 20 heavy (non-hydrogen) atoms. The van der Waals surface area contributed by atoms with Crippen LogP contribution in [-0.4, -0.2) is 50.0 Å². The van der Waals surface area contributed by atoms with E-state index in [-0.39, 0.29) is 6.04 Å². The molecule has 1 aromatic heterocycles. The summed E-state index contributed by atoms with van der Waals surface area (Å²) in [6, 6.07) is 5.21. The smallest absolute Gasteiger partial charge is 0.151 e. The van der Waals surface area contributed by atoms with Crippen LogP contribution in [0.4, 0.5) is 0 Å². The van der Waals surface area contributed by atoms with E-state index in [2.05, 4.69) is 27.7 Å². The highest BCUT2D eigenvalue weighted by Gasteiger charge is 2.30. The van der Waals surface area contributed by atoms with Crippen LogP contribution in [0.15, 0.2) is 17.5 Å². The van der Waals surface area contributed by atoms with Crippen molar-refractivity contribution >= 4 is 21.2 Å². The molecule has 1 unspecified atom stereocenters. The van der Waals surface area contributed by atoms with E-state index < -0.39 is 9.84 Å². The Balaban J connectivity index is 1.43. The molecule has 4 nitrogen and oxygen atoms in total. The van der Waals surface area contributed by atoms with Gasteiger partial charge in [0.15, 0.2) is 9.84 Å². The minimum atomic E-state index is -2.77. The Morgan fingerprint density at radius 1 is 1.35 bits per heavy atom. The first-order valence-corrected chi connectivity index (χ1v) is 10.0. The van der Waals surface area contributed by atoms with Gasteiger partial charge in [0.25, 0.3) is 0 Å². The van der Waals surface area contributed by atoms with Crippen molar-refractivity contribution < 1.29 is 8.42 Å². The molecule has 1 aliphatic carbocycles. The van der Waals surface area contributed by atoms with E-state index in [4.69, 9.17) is 0 Å². The van der Waals surface area contributed by atoms with E-state index in [9.17, 15) is 8.42 Å². The minimum Gasteiger partial charge on any atom is -0.312 e.